The van der Waals surface area contributed by atoms with Crippen molar-refractivity contribution >= 4 is 11.6 Å². The first kappa shape index (κ1) is 12.7. The van der Waals surface area contributed by atoms with Gasteiger partial charge in [0.2, 0.25) is 11.5 Å². The van der Waals surface area contributed by atoms with Crippen LogP contribution in [0.4, 0.5) is 5.69 Å². The van der Waals surface area contributed by atoms with E-state index in [4.69, 9.17) is 0 Å². The van der Waals surface area contributed by atoms with Crippen LogP contribution in [0.1, 0.15) is 12.1 Å². The van der Waals surface area contributed by atoms with Crippen LogP contribution < -0.4 is 10.9 Å². The van der Waals surface area contributed by atoms with Gasteiger partial charge < -0.3 is 14.5 Å². The van der Waals surface area contributed by atoms with E-state index in [9.17, 15) is 9.59 Å². The quantitative estimate of drug-likeness (QED) is 0.878. The zero-order valence-corrected chi connectivity index (χ0v) is 11.2. The van der Waals surface area contributed by atoms with Gasteiger partial charge in [-0.2, -0.15) is 0 Å². The highest BCUT2D eigenvalue weighted by Crippen LogP contribution is 2.21. The monoisotopic (exact) mass is 272 g/mol. The van der Waals surface area contributed by atoms with E-state index in [1.807, 2.05) is 6.20 Å². The summed E-state index contributed by atoms with van der Waals surface area (Å²) in [5, 5.41) is 2.87. The summed E-state index contributed by atoms with van der Waals surface area (Å²) in [6.07, 6.45) is 6.76. The third-order valence-corrected chi connectivity index (χ3v) is 3.70. The Hall–Kier alpha value is -2.37. The number of anilines is 1. The molecule has 0 fully saturated rings. The molecule has 20 heavy (non-hydrogen) atoms. The lowest BCUT2D eigenvalue weighted by Crippen LogP contribution is -2.30. The van der Waals surface area contributed by atoms with E-state index >= 15 is 0 Å². The number of nitrogens with zero attached hydrogens (tertiary/aromatic N) is 3. The number of hydrogen-bond acceptors (Lipinski definition) is 3. The standard InChI is InChI=1S/C14H16N4O2/c1-17-8-11(2-3-13(17)19)16-14(20)10-4-5-18-9-15-7-12(18)6-10/h2-3,7-10H,4-6H2,1H3,(H,16,20). The number of pyridine rings is 1. The van der Waals surface area contributed by atoms with E-state index in [2.05, 4.69) is 14.9 Å². The van der Waals surface area contributed by atoms with Gasteiger partial charge in [0, 0.05) is 50.1 Å². The highest BCUT2D eigenvalue weighted by Gasteiger charge is 2.24. The number of amides is 1. The van der Waals surface area contributed by atoms with Gasteiger partial charge in [0.05, 0.1) is 12.0 Å². The normalized spacial score (nSPS) is 17.6. The molecular weight excluding hydrogens is 256 g/mol. The van der Waals surface area contributed by atoms with Crippen LogP contribution in [0, 0.1) is 5.92 Å². The number of nitrogens with one attached hydrogen (secondary N) is 1. The van der Waals surface area contributed by atoms with Crippen molar-refractivity contribution < 1.29 is 4.79 Å². The summed E-state index contributed by atoms with van der Waals surface area (Å²) in [5.74, 6) is -0.0486. The van der Waals surface area contributed by atoms with Gasteiger partial charge in [-0.05, 0) is 12.5 Å². The largest absolute Gasteiger partial charge is 0.335 e. The molecule has 0 saturated carbocycles. The topological polar surface area (TPSA) is 68.9 Å². The lowest BCUT2D eigenvalue weighted by Gasteiger charge is -2.23. The molecule has 1 aliphatic heterocycles. The molecule has 1 N–H and O–H groups in total. The van der Waals surface area contributed by atoms with Crippen LogP contribution in [-0.2, 0) is 24.8 Å². The summed E-state index contributed by atoms with van der Waals surface area (Å²) >= 11 is 0. The van der Waals surface area contributed by atoms with Gasteiger partial charge in [-0.15, -0.1) is 0 Å². The lowest BCUT2D eigenvalue weighted by atomic mass is 9.95. The first-order chi connectivity index (χ1) is 9.63. The molecule has 2 aromatic rings. The summed E-state index contributed by atoms with van der Waals surface area (Å²) < 4.78 is 3.53. The Morgan fingerprint density at radius 2 is 2.30 bits per heavy atom. The van der Waals surface area contributed by atoms with E-state index < -0.39 is 0 Å². The Balaban J connectivity index is 1.71. The van der Waals surface area contributed by atoms with Gasteiger partial charge in [-0.3, -0.25) is 9.59 Å². The van der Waals surface area contributed by atoms with Crippen LogP contribution in [0.2, 0.25) is 0 Å². The van der Waals surface area contributed by atoms with Gasteiger partial charge in [0.15, 0.2) is 0 Å². The number of aryl methyl sites for hydroxylation is 2. The van der Waals surface area contributed by atoms with Crippen molar-refractivity contribution in [2.75, 3.05) is 5.32 Å². The van der Waals surface area contributed by atoms with Crippen LogP contribution >= 0.6 is 0 Å². The molecule has 0 bridgehead atoms. The molecule has 1 aliphatic rings. The number of rotatable bonds is 2. The van der Waals surface area contributed by atoms with E-state index in [1.165, 1.54) is 10.6 Å². The predicted octanol–water partition coefficient (Wildman–Crippen LogP) is 0.783. The Bertz CT molecular complexity index is 701. The number of hydrogen-bond donors (Lipinski definition) is 1. The van der Waals surface area contributed by atoms with Crippen molar-refractivity contribution in [3.63, 3.8) is 0 Å². The van der Waals surface area contributed by atoms with Crippen molar-refractivity contribution in [3.05, 3.63) is 46.9 Å². The minimum atomic E-state index is -0.0930. The van der Waals surface area contributed by atoms with Gasteiger partial charge in [-0.25, -0.2) is 4.98 Å². The number of imidazole rings is 1. The van der Waals surface area contributed by atoms with Crippen LogP contribution in [0.15, 0.2) is 35.6 Å². The van der Waals surface area contributed by atoms with Crippen LogP contribution in [-0.4, -0.2) is 20.0 Å². The maximum absolute atomic E-state index is 12.3. The summed E-state index contributed by atoms with van der Waals surface area (Å²) in [6.45, 7) is 0.820. The van der Waals surface area contributed by atoms with Crippen molar-refractivity contribution in [1.29, 1.82) is 0 Å². The molecule has 2 aromatic heterocycles. The third kappa shape index (κ3) is 2.36. The smallest absolute Gasteiger partial charge is 0.250 e. The first-order valence-corrected chi connectivity index (χ1v) is 6.60. The van der Waals surface area contributed by atoms with Crippen molar-refractivity contribution in [2.24, 2.45) is 13.0 Å². The van der Waals surface area contributed by atoms with Gasteiger partial charge in [-0.1, -0.05) is 0 Å². The molecule has 6 heteroatoms. The Morgan fingerprint density at radius 1 is 1.45 bits per heavy atom. The van der Waals surface area contributed by atoms with E-state index in [0.29, 0.717) is 12.1 Å². The molecule has 0 aromatic carbocycles. The number of aromatic nitrogens is 3. The highest BCUT2D eigenvalue weighted by atomic mass is 16.2. The lowest BCUT2D eigenvalue weighted by molar-refractivity contribution is -0.120. The second-order valence-corrected chi connectivity index (χ2v) is 5.12. The average molecular weight is 272 g/mol. The van der Waals surface area contributed by atoms with Crippen molar-refractivity contribution in [1.82, 2.24) is 14.1 Å². The fourth-order valence-corrected chi connectivity index (χ4v) is 2.50. The summed E-state index contributed by atoms with van der Waals surface area (Å²) in [6, 6.07) is 3.08. The molecule has 0 aliphatic carbocycles. The number of carbonyl (C=O) groups excluding carboxylic acids is 1. The Labute approximate surface area is 116 Å². The van der Waals surface area contributed by atoms with Gasteiger partial charge in [0.1, 0.15) is 0 Å². The molecule has 0 spiro atoms. The van der Waals surface area contributed by atoms with Crippen molar-refractivity contribution in [2.45, 2.75) is 19.4 Å². The summed E-state index contributed by atoms with van der Waals surface area (Å²) in [7, 11) is 1.66. The van der Waals surface area contributed by atoms with Crippen LogP contribution in [0.3, 0.4) is 0 Å². The van der Waals surface area contributed by atoms with E-state index in [1.54, 1.807) is 25.6 Å². The average Bonchev–Trinajstić information content (AvgIpc) is 2.90. The fraction of sp³-hybridized carbons (Fsp3) is 0.357. The molecular formula is C14H16N4O2. The molecule has 1 amide bonds. The molecule has 1 unspecified atom stereocenters. The highest BCUT2D eigenvalue weighted by molar-refractivity contribution is 5.92. The first-order valence-electron chi connectivity index (χ1n) is 6.60. The van der Waals surface area contributed by atoms with E-state index in [0.717, 1.165) is 18.7 Å². The second-order valence-electron chi connectivity index (χ2n) is 5.12. The van der Waals surface area contributed by atoms with Crippen LogP contribution in [0.5, 0.6) is 0 Å². The fourth-order valence-electron chi connectivity index (χ4n) is 2.50. The zero-order valence-electron chi connectivity index (χ0n) is 11.2. The van der Waals surface area contributed by atoms with Crippen molar-refractivity contribution in [3.8, 4) is 0 Å². The summed E-state index contributed by atoms with van der Waals surface area (Å²) in [5.41, 5.74) is 1.65. The minimum Gasteiger partial charge on any atom is -0.335 e. The minimum absolute atomic E-state index is 0.00361. The molecule has 3 rings (SSSR count). The Kier molecular flexibility index (Phi) is 3.14. The van der Waals surface area contributed by atoms with E-state index in [-0.39, 0.29) is 17.4 Å². The van der Waals surface area contributed by atoms with Crippen LogP contribution in [0.25, 0.3) is 0 Å². The van der Waals surface area contributed by atoms with Gasteiger partial charge in [0.25, 0.3) is 0 Å². The molecule has 3 heterocycles. The molecule has 104 valence electrons. The predicted molar refractivity (Wildman–Crippen MR) is 74.4 cm³/mol. The Morgan fingerprint density at radius 3 is 3.10 bits per heavy atom. The SMILES string of the molecule is Cn1cc(NC(=O)C2CCn3cncc3C2)ccc1=O. The third-order valence-electron chi connectivity index (χ3n) is 3.70. The molecule has 0 saturated heterocycles. The maximum atomic E-state index is 12.3. The molecule has 1 atom stereocenters. The summed E-state index contributed by atoms with van der Waals surface area (Å²) in [4.78, 5) is 27.7. The molecule has 0 radical (unpaired) electrons. The maximum Gasteiger partial charge on any atom is 0.250 e. The number of carbonyl (C=O) groups is 1. The van der Waals surface area contributed by atoms with Gasteiger partial charge >= 0.3 is 0 Å². The second kappa shape index (κ2) is 4.96. The zero-order chi connectivity index (χ0) is 14.1. The number of fused-ring (bicyclic) bond motifs is 1. The molecule has 6 nitrogen and oxygen atoms in total.